The highest BCUT2D eigenvalue weighted by Crippen LogP contribution is 2.52. The molecule has 1 aliphatic rings. The number of nitrogens with two attached hydrogens (primary N) is 1. The largest absolute Gasteiger partial charge is 0.530 e. The van der Waals surface area contributed by atoms with Gasteiger partial charge in [0.1, 0.15) is 24.0 Å². The molecule has 3 amide bonds. The summed E-state index contributed by atoms with van der Waals surface area (Å²) in [6.07, 6.45) is -0.283. The number of carboxylic acids is 1. The molecule has 0 radical (unpaired) electrons. The molecule has 3 heterocycles. The predicted molar refractivity (Wildman–Crippen MR) is 206 cm³/mol. The van der Waals surface area contributed by atoms with E-state index in [0.29, 0.717) is 6.42 Å². The number of esters is 2. The van der Waals surface area contributed by atoms with Crippen molar-refractivity contribution in [3.8, 4) is 5.75 Å². The van der Waals surface area contributed by atoms with Crippen LogP contribution in [0.25, 0.3) is 11.2 Å². The monoisotopic (exact) mass is 872 g/mol. The molecule has 23 nitrogen and oxygen atoms in total. The first-order valence-corrected chi connectivity index (χ1v) is 19.4. The molecular weight excluding hydrogens is 834 g/mol. The molecule has 25 heteroatoms. The second kappa shape index (κ2) is 20.3. The number of hydrogen-bond donors (Lipinski definition) is 4. The standard InChI is InChI=1S/C36H38FN8O15P/c1-44(2)27(46)18-55-33(51)24-14-20(4-10-26(24)60-61(54)58-12-3-13-59-61)17-56-36(53)45(16-22-15-39-30-29(40-22)32(50)43-35(38)42-30)23-7-5-21(6-8-23)31(49)41-25(9-11-28(47)48)34(52)57-19-37/h4-8,10,14-15,25H,3,9,11-13,16-19H2,1-2H3,(H,41,49)(H,47,48)(H3,38,39,42,43,50). The van der Waals surface area contributed by atoms with Crippen LogP contribution in [0.15, 0.2) is 53.5 Å². The van der Waals surface area contributed by atoms with Crippen LogP contribution in [0, 0.1) is 0 Å². The second-order valence-corrected chi connectivity index (χ2v) is 14.5. The molecule has 1 unspecified atom stereocenters. The molecule has 1 saturated heterocycles. The summed E-state index contributed by atoms with van der Waals surface area (Å²) in [5, 5.41) is 11.3. The summed E-state index contributed by atoms with van der Waals surface area (Å²) in [7, 11) is -1.22. The first-order valence-electron chi connectivity index (χ1n) is 18.0. The lowest BCUT2D eigenvalue weighted by Gasteiger charge is -2.24. The highest BCUT2D eigenvalue weighted by atomic mass is 31.2. The van der Waals surface area contributed by atoms with E-state index in [1.807, 2.05) is 0 Å². The Bertz CT molecular complexity index is 2410. The first kappa shape index (κ1) is 45.1. The second-order valence-electron chi connectivity index (χ2n) is 13.0. The summed E-state index contributed by atoms with van der Waals surface area (Å²) in [6, 6.07) is 7.49. The fourth-order valence-electron chi connectivity index (χ4n) is 5.26. The normalized spacial score (nSPS) is 13.6. The molecule has 1 aliphatic heterocycles. The Hall–Kier alpha value is -7.04. The number of ether oxygens (including phenoxy) is 3. The van der Waals surface area contributed by atoms with Crippen LogP contribution in [0.4, 0.5) is 20.8 Å². The summed E-state index contributed by atoms with van der Waals surface area (Å²) < 4.78 is 56.7. The number of nitrogens with zero attached hydrogens (tertiary/aromatic N) is 5. The van der Waals surface area contributed by atoms with E-state index >= 15 is 0 Å². The minimum atomic E-state index is -4.13. The van der Waals surface area contributed by atoms with Crippen LogP contribution in [0.2, 0.25) is 0 Å². The van der Waals surface area contributed by atoms with Crippen LogP contribution in [0.1, 0.15) is 51.2 Å². The first-order chi connectivity index (χ1) is 29.0. The van der Waals surface area contributed by atoms with Crippen molar-refractivity contribution in [3.05, 3.63) is 81.4 Å². The molecular formula is C36H38FN8O15P. The number of carbonyl (C=O) groups excluding carboxylic acids is 5. The lowest BCUT2D eigenvalue weighted by atomic mass is 10.1. The number of aliphatic carboxylic acids is 1. The van der Waals surface area contributed by atoms with E-state index in [1.165, 1.54) is 67.7 Å². The lowest BCUT2D eigenvalue weighted by molar-refractivity contribution is -0.150. The third kappa shape index (κ3) is 12.2. The van der Waals surface area contributed by atoms with Gasteiger partial charge in [-0.2, -0.15) is 4.98 Å². The molecule has 0 bridgehead atoms. The highest BCUT2D eigenvalue weighted by Gasteiger charge is 2.34. The van der Waals surface area contributed by atoms with Gasteiger partial charge in [0.2, 0.25) is 12.8 Å². The third-order valence-corrected chi connectivity index (χ3v) is 9.77. The smallest absolute Gasteiger partial charge is 0.481 e. The van der Waals surface area contributed by atoms with Gasteiger partial charge in [-0.25, -0.2) is 33.3 Å². The molecule has 5 rings (SSSR count). The van der Waals surface area contributed by atoms with Gasteiger partial charge < -0.3 is 39.8 Å². The zero-order chi connectivity index (χ0) is 44.3. The van der Waals surface area contributed by atoms with Crippen molar-refractivity contribution < 1.29 is 70.6 Å². The van der Waals surface area contributed by atoms with Crippen molar-refractivity contribution >= 4 is 66.4 Å². The Morgan fingerprint density at radius 2 is 1.75 bits per heavy atom. The number of anilines is 2. The van der Waals surface area contributed by atoms with Gasteiger partial charge in [-0.3, -0.25) is 38.1 Å². The number of amides is 3. The van der Waals surface area contributed by atoms with Crippen molar-refractivity contribution in [3.63, 3.8) is 0 Å². The maximum Gasteiger partial charge on any atom is 0.530 e. The number of carbonyl (C=O) groups is 6. The lowest BCUT2D eigenvalue weighted by Crippen LogP contribution is -2.42. The molecule has 2 aromatic carbocycles. The Kier molecular flexibility index (Phi) is 15.0. The number of aromatic nitrogens is 4. The van der Waals surface area contributed by atoms with Crippen molar-refractivity contribution in [1.82, 2.24) is 30.2 Å². The summed E-state index contributed by atoms with van der Waals surface area (Å²) in [6.45, 7) is -2.90. The molecule has 0 spiro atoms. The van der Waals surface area contributed by atoms with E-state index in [2.05, 4.69) is 30.0 Å². The van der Waals surface area contributed by atoms with Crippen molar-refractivity contribution in [2.24, 2.45) is 0 Å². The van der Waals surface area contributed by atoms with E-state index in [1.54, 1.807) is 0 Å². The van der Waals surface area contributed by atoms with E-state index < -0.39 is 88.2 Å². The van der Waals surface area contributed by atoms with Crippen molar-refractivity contribution in [1.29, 1.82) is 0 Å². The number of H-pyrrole nitrogens is 1. The Labute approximate surface area is 343 Å². The van der Waals surface area contributed by atoms with Gasteiger partial charge in [0.15, 0.2) is 17.8 Å². The van der Waals surface area contributed by atoms with Gasteiger partial charge in [0.05, 0.1) is 31.6 Å². The number of benzene rings is 2. The zero-order valence-electron chi connectivity index (χ0n) is 32.4. The highest BCUT2D eigenvalue weighted by molar-refractivity contribution is 7.49. The minimum Gasteiger partial charge on any atom is -0.481 e. The minimum absolute atomic E-state index is 0.0634. The van der Waals surface area contributed by atoms with Crippen LogP contribution in [-0.2, 0) is 55.4 Å². The summed E-state index contributed by atoms with van der Waals surface area (Å²) >= 11 is 0. The fourth-order valence-corrected chi connectivity index (χ4v) is 6.55. The SMILES string of the molecule is CN(C)C(=O)COC(=O)c1cc(COC(=O)N(Cc2cnc3nc(N)[nH]c(=O)c3n2)c2ccc(C(=O)NC(CCC(=O)O)C(=O)OCF)cc2)ccc1OP1(=O)OCCCO1. The number of hydrogen-bond acceptors (Lipinski definition) is 18. The van der Waals surface area contributed by atoms with Gasteiger partial charge in [0.25, 0.3) is 17.4 Å². The average molecular weight is 873 g/mol. The van der Waals surface area contributed by atoms with Gasteiger partial charge in [-0.1, -0.05) is 6.07 Å². The van der Waals surface area contributed by atoms with Crippen molar-refractivity contribution in [2.75, 3.05) is 51.4 Å². The number of fused-ring (bicyclic) bond motifs is 1. The number of nitrogens with one attached hydrogen (secondary N) is 2. The van der Waals surface area contributed by atoms with Crippen LogP contribution in [0.3, 0.4) is 0 Å². The number of carboxylic acid groups (broad SMARTS) is 1. The Morgan fingerprint density at radius 3 is 2.43 bits per heavy atom. The van der Waals surface area contributed by atoms with E-state index in [-0.39, 0.29) is 70.7 Å². The van der Waals surface area contributed by atoms with Gasteiger partial charge in [-0.15, -0.1) is 0 Å². The molecule has 1 fully saturated rings. The topological polar surface area (TPSA) is 311 Å². The summed E-state index contributed by atoms with van der Waals surface area (Å²) in [5.74, 6) is -5.40. The quantitative estimate of drug-likeness (QED) is 0.0671. The molecule has 324 valence electrons. The molecule has 5 N–H and O–H groups in total. The van der Waals surface area contributed by atoms with Crippen LogP contribution >= 0.6 is 7.82 Å². The van der Waals surface area contributed by atoms with E-state index in [9.17, 15) is 42.5 Å². The van der Waals surface area contributed by atoms with Crippen molar-refractivity contribution in [2.45, 2.75) is 38.5 Å². The van der Waals surface area contributed by atoms with Gasteiger partial charge in [-0.05, 0) is 54.8 Å². The van der Waals surface area contributed by atoms with Gasteiger partial charge in [0, 0.05) is 31.8 Å². The van der Waals surface area contributed by atoms with Crippen LogP contribution in [-0.4, -0.2) is 113 Å². The number of phosphoric ester groups is 1. The predicted octanol–water partition coefficient (Wildman–Crippen LogP) is 2.24. The fraction of sp³-hybridized carbons (Fsp3) is 0.333. The summed E-state index contributed by atoms with van der Waals surface area (Å²) in [5.41, 5.74) is 4.60. The zero-order valence-corrected chi connectivity index (χ0v) is 33.3. The number of aromatic amines is 1. The number of likely N-dealkylation sites (N-methyl/N-ethyl adjacent to an activating group) is 1. The van der Waals surface area contributed by atoms with E-state index in [4.69, 9.17) is 33.9 Å². The Balaban J connectivity index is 1.41. The van der Waals surface area contributed by atoms with E-state index in [0.717, 1.165) is 4.90 Å². The molecule has 1 atom stereocenters. The molecule has 61 heavy (non-hydrogen) atoms. The summed E-state index contributed by atoms with van der Waals surface area (Å²) in [4.78, 5) is 105. The van der Waals surface area contributed by atoms with Gasteiger partial charge >= 0.3 is 31.8 Å². The number of alkyl halides is 1. The van der Waals surface area contributed by atoms with Crippen LogP contribution < -0.4 is 26.0 Å². The molecule has 0 aliphatic carbocycles. The number of nitrogen functional groups attached to an aromatic ring is 1. The number of rotatable bonds is 17. The van der Waals surface area contributed by atoms with Crippen LogP contribution in [0.5, 0.6) is 5.75 Å². The Morgan fingerprint density at radius 1 is 1.03 bits per heavy atom. The molecule has 2 aromatic heterocycles. The maximum atomic E-state index is 13.9. The third-order valence-electron chi connectivity index (χ3n) is 8.35. The maximum absolute atomic E-state index is 13.9. The molecule has 4 aromatic rings. The number of halogens is 1. The number of phosphoric acid groups is 1. The molecule has 0 saturated carbocycles. The average Bonchev–Trinajstić information content (AvgIpc) is 3.22.